The number of hydrogen-bond donors (Lipinski definition) is 2. The quantitative estimate of drug-likeness (QED) is 0.608. The van der Waals surface area contributed by atoms with E-state index in [1.54, 1.807) is 30.6 Å². The molecule has 3 aromatic rings. The first-order chi connectivity index (χ1) is 12.7. The molecular weight excluding hydrogens is 392 g/mol. The van der Waals surface area contributed by atoms with Crippen molar-refractivity contribution in [1.29, 1.82) is 0 Å². The molecule has 6 heteroatoms. The van der Waals surface area contributed by atoms with Gasteiger partial charge in [-0.2, -0.15) is 0 Å². The van der Waals surface area contributed by atoms with Gasteiger partial charge in [-0.25, -0.2) is 9.97 Å². The van der Waals surface area contributed by atoms with Gasteiger partial charge in [0, 0.05) is 28.1 Å². The highest BCUT2D eigenvalue weighted by Gasteiger charge is 2.14. The Balaban J connectivity index is 1.72. The van der Waals surface area contributed by atoms with Gasteiger partial charge in [0.25, 0.3) is 5.91 Å². The largest absolute Gasteiger partial charge is 0.345 e. The van der Waals surface area contributed by atoms with Crippen LogP contribution in [0.5, 0.6) is 0 Å². The molecule has 1 atom stereocenters. The molecule has 0 aliphatic heterocycles. The maximum Gasteiger partial charge on any atom is 0.251 e. The number of carbonyl (C=O) groups is 1. The van der Waals surface area contributed by atoms with E-state index in [2.05, 4.69) is 43.5 Å². The second-order valence-electron chi connectivity index (χ2n) is 5.76. The van der Waals surface area contributed by atoms with Crippen molar-refractivity contribution in [1.82, 2.24) is 15.3 Å². The topological polar surface area (TPSA) is 66.9 Å². The van der Waals surface area contributed by atoms with Gasteiger partial charge in [-0.15, -0.1) is 0 Å². The lowest BCUT2D eigenvalue weighted by Crippen LogP contribution is -2.28. The van der Waals surface area contributed by atoms with Gasteiger partial charge in [0.15, 0.2) is 0 Å². The lowest BCUT2D eigenvalue weighted by atomic mass is 10.0. The van der Waals surface area contributed by atoms with E-state index < -0.39 is 0 Å². The van der Waals surface area contributed by atoms with Crippen molar-refractivity contribution in [3.05, 3.63) is 82.6 Å². The van der Waals surface area contributed by atoms with E-state index in [0.29, 0.717) is 11.5 Å². The monoisotopic (exact) mass is 410 g/mol. The molecule has 0 aliphatic rings. The predicted molar refractivity (Wildman–Crippen MR) is 106 cm³/mol. The number of benzene rings is 2. The summed E-state index contributed by atoms with van der Waals surface area (Å²) in [5, 5.41) is 6.19. The van der Waals surface area contributed by atoms with Crippen LogP contribution in [0.4, 0.5) is 11.6 Å². The molecule has 2 aromatic carbocycles. The van der Waals surface area contributed by atoms with Gasteiger partial charge in [0.05, 0.1) is 6.04 Å². The molecule has 0 saturated carbocycles. The number of nitrogens with zero attached hydrogens (tertiary/aromatic N) is 2. The average molecular weight is 411 g/mol. The predicted octanol–water partition coefficient (Wildman–Crippen LogP) is 4.86. The Hall–Kier alpha value is -2.73. The summed E-state index contributed by atoms with van der Waals surface area (Å²) >= 11 is 3.43. The minimum Gasteiger partial charge on any atom is -0.345 e. The molecule has 1 heterocycles. The Morgan fingerprint density at radius 3 is 2.50 bits per heavy atom. The Bertz CT molecular complexity index is 868. The number of rotatable bonds is 6. The van der Waals surface area contributed by atoms with Crippen molar-refractivity contribution in [2.75, 3.05) is 5.32 Å². The summed E-state index contributed by atoms with van der Waals surface area (Å²) < 4.78 is 1.02. The lowest BCUT2D eigenvalue weighted by molar-refractivity contribution is 0.0935. The van der Waals surface area contributed by atoms with Crippen LogP contribution in [0.3, 0.4) is 0 Å². The molecular formula is C20H19BrN4O. The third-order valence-corrected chi connectivity index (χ3v) is 4.46. The maximum atomic E-state index is 12.7. The minimum absolute atomic E-state index is 0.0373. The van der Waals surface area contributed by atoms with Crippen LogP contribution in [-0.2, 0) is 0 Å². The third kappa shape index (κ3) is 4.67. The molecule has 0 saturated heterocycles. The Labute approximate surface area is 161 Å². The molecule has 1 aromatic heterocycles. The smallest absolute Gasteiger partial charge is 0.251 e. The number of halogens is 1. The van der Waals surface area contributed by atoms with Crippen LogP contribution in [-0.4, -0.2) is 15.9 Å². The maximum absolute atomic E-state index is 12.7. The number of nitrogens with one attached hydrogen (secondary N) is 2. The van der Waals surface area contributed by atoms with Gasteiger partial charge in [0.1, 0.15) is 0 Å². The molecule has 5 nitrogen and oxygen atoms in total. The molecule has 0 bridgehead atoms. The summed E-state index contributed by atoms with van der Waals surface area (Å²) in [5.41, 5.74) is 2.43. The summed E-state index contributed by atoms with van der Waals surface area (Å²) in [4.78, 5) is 20.9. The molecule has 0 radical (unpaired) electrons. The van der Waals surface area contributed by atoms with Crippen LogP contribution in [0.25, 0.3) is 0 Å². The second kappa shape index (κ2) is 8.58. The first kappa shape index (κ1) is 18.1. The standard InChI is InChI=1S/C20H19BrN4O/c1-2-18(14-7-9-16(21)10-8-14)25-19(26)15-5-3-6-17(13-15)24-20-22-11-4-12-23-20/h3-13,18H,2H2,1H3,(H,25,26)(H,22,23,24). The van der Waals surface area contributed by atoms with Gasteiger partial charge >= 0.3 is 0 Å². The fourth-order valence-corrected chi connectivity index (χ4v) is 2.85. The van der Waals surface area contributed by atoms with E-state index in [0.717, 1.165) is 22.1 Å². The minimum atomic E-state index is -0.114. The Morgan fingerprint density at radius 2 is 1.81 bits per heavy atom. The second-order valence-corrected chi connectivity index (χ2v) is 6.68. The van der Waals surface area contributed by atoms with Gasteiger partial charge in [-0.05, 0) is 48.4 Å². The molecule has 0 spiro atoms. The summed E-state index contributed by atoms with van der Waals surface area (Å²) in [6, 6.07) is 17.0. The highest BCUT2D eigenvalue weighted by molar-refractivity contribution is 9.10. The van der Waals surface area contributed by atoms with Crippen LogP contribution >= 0.6 is 15.9 Å². The first-order valence-corrected chi connectivity index (χ1v) is 9.15. The highest BCUT2D eigenvalue weighted by atomic mass is 79.9. The summed E-state index contributed by atoms with van der Waals surface area (Å²) in [5.74, 6) is 0.378. The number of amides is 1. The number of carbonyl (C=O) groups excluding carboxylic acids is 1. The normalized spacial score (nSPS) is 11.6. The fourth-order valence-electron chi connectivity index (χ4n) is 2.59. The summed E-state index contributed by atoms with van der Waals surface area (Å²) in [6.45, 7) is 2.05. The van der Waals surface area contributed by atoms with Crippen molar-refractivity contribution < 1.29 is 4.79 Å². The van der Waals surface area contributed by atoms with Crippen molar-refractivity contribution in [2.45, 2.75) is 19.4 Å². The fraction of sp³-hybridized carbons (Fsp3) is 0.150. The van der Waals surface area contributed by atoms with Gasteiger partial charge in [0.2, 0.25) is 5.95 Å². The SMILES string of the molecule is CCC(NC(=O)c1cccc(Nc2ncccn2)c1)c1ccc(Br)cc1. The Kier molecular flexibility index (Phi) is 5.96. The molecule has 1 unspecified atom stereocenters. The van der Waals surface area contributed by atoms with E-state index >= 15 is 0 Å². The zero-order valence-electron chi connectivity index (χ0n) is 14.3. The van der Waals surface area contributed by atoms with Crippen molar-refractivity contribution in [3.8, 4) is 0 Å². The molecule has 0 fully saturated rings. The van der Waals surface area contributed by atoms with E-state index in [9.17, 15) is 4.79 Å². The van der Waals surface area contributed by atoms with Gasteiger partial charge < -0.3 is 10.6 Å². The van der Waals surface area contributed by atoms with Crippen LogP contribution in [0.2, 0.25) is 0 Å². The summed E-state index contributed by atoms with van der Waals surface area (Å²) in [6.07, 6.45) is 4.13. The van der Waals surface area contributed by atoms with E-state index in [4.69, 9.17) is 0 Å². The first-order valence-electron chi connectivity index (χ1n) is 8.36. The Morgan fingerprint density at radius 1 is 1.08 bits per heavy atom. The number of anilines is 2. The number of hydrogen-bond acceptors (Lipinski definition) is 4. The van der Waals surface area contributed by atoms with Crippen LogP contribution in [0, 0.1) is 0 Å². The van der Waals surface area contributed by atoms with Gasteiger partial charge in [-0.3, -0.25) is 4.79 Å². The summed E-state index contributed by atoms with van der Waals surface area (Å²) in [7, 11) is 0. The highest BCUT2D eigenvalue weighted by Crippen LogP contribution is 2.21. The molecule has 0 aliphatic carbocycles. The van der Waals surface area contributed by atoms with Crippen molar-refractivity contribution in [2.24, 2.45) is 0 Å². The average Bonchev–Trinajstić information content (AvgIpc) is 2.68. The van der Waals surface area contributed by atoms with Crippen LogP contribution < -0.4 is 10.6 Å². The van der Waals surface area contributed by atoms with Crippen LogP contribution in [0.1, 0.15) is 35.3 Å². The van der Waals surface area contributed by atoms with E-state index in [1.165, 1.54) is 0 Å². The molecule has 132 valence electrons. The molecule has 2 N–H and O–H groups in total. The van der Waals surface area contributed by atoms with Crippen molar-refractivity contribution >= 4 is 33.5 Å². The zero-order chi connectivity index (χ0) is 18.4. The van der Waals surface area contributed by atoms with Crippen molar-refractivity contribution in [3.63, 3.8) is 0 Å². The molecule has 1 amide bonds. The molecule has 26 heavy (non-hydrogen) atoms. The van der Waals surface area contributed by atoms with Crippen LogP contribution in [0.15, 0.2) is 71.5 Å². The van der Waals surface area contributed by atoms with E-state index in [-0.39, 0.29) is 11.9 Å². The van der Waals surface area contributed by atoms with E-state index in [1.807, 2.05) is 36.4 Å². The molecule has 3 rings (SSSR count). The lowest BCUT2D eigenvalue weighted by Gasteiger charge is -2.18. The third-order valence-electron chi connectivity index (χ3n) is 3.93. The van der Waals surface area contributed by atoms with Gasteiger partial charge in [-0.1, -0.05) is 41.1 Å². The zero-order valence-corrected chi connectivity index (χ0v) is 15.9. The number of aromatic nitrogens is 2.